The Kier molecular flexibility index (Phi) is 2.63. The molecule has 2 aromatic heterocycles. The lowest BCUT2D eigenvalue weighted by atomic mass is 10.1. The molecule has 3 rings (SSSR count). The van der Waals surface area contributed by atoms with Gasteiger partial charge in [-0.25, -0.2) is 13.8 Å². The standard InChI is InChI=1S/C13H7BrF2N2/c14-8-1-4-13-17-6-12(18(13)7-8)10-3-2-9(15)5-11(10)16/h1-7H. The van der Waals surface area contributed by atoms with E-state index < -0.39 is 11.6 Å². The lowest BCUT2D eigenvalue weighted by Gasteiger charge is -2.04. The summed E-state index contributed by atoms with van der Waals surface area (Å²) >= 11 is 3.35. The Morgan fingerprint density at radius 2 is 1.94 bits per heavy atom. The number of nitrogens with zero attached hydrogens (tertiary/aromatic N) is 2. The molecule has 0 N–H and O–H groups in total. The second kappa shape index (κ2) is 4.17. The summed E-state index contributed by atoms with van der Waals surface area (Å²) in [6.07, 6.45) is 3.36. The third-order valence-electron chi connectivity index (χ3n) is 2.68. The molecular weight excluding hydrogens is 302 g/mol. The van der Waals surface area contributed by atoms with Crippen molar-refractivity contribution in [2.45, 2.75) is 0 Å². The van der Waals surface area contributed by atoms with Gasteiger partial charge in [-0.05, 0) is 40.2 Å². The molecule has 0 radical (unpaired) electrons. The van der Waals surface area contributed by atoms with Gasteiger partial charge in [-0.2, -0.15) is 0 Å². The van der Waals surface area contributed by atoms with E-state index in [-0.39, 0.29) is 0 Å². The van der Waals surface area contributed by atoms with Crippen LogP contribution < -0.4 is 0 Å². The van der Waals surface area contributed by atoms with Crippen LogP contribution in [0.15, 0.2) is 47.2 Å². The lowest BCUT2D eigenvalue weighted by molar-refractivity contribution is 0.585. The van der Waals surface area contributed by atoms with Gasteiger partial charge in [0.2, 0.25) is 0 Å². The molecule has 3 aromatic rings. The van der Waals surface area contributed by atoms with E-state index in [9.17, 15) is 8.78 Å². The number of fused-ring (bicyclic) bond motifs is 1. The minimum atomic E-state index is -0.600. The molecule has 0 aliphatic rings. The Hall–Kier alpha value is -1.75. The van der Waals surface area contributed by atoms with Gasteiger partial charge in [-0.1, -0.05) is 0 Å². The molecule has 0 unspecified atom stereocenters. The molecule has 0 amide bonds. The highest BCUT2D eigenvalue weighted by molar-refractivity contribution is 9.10. The molecule has 0 aliphatic heterocycles. The number of pyridine rings is 1. The van der Waals surface area contributed by atoms with Gasteiger partial charge in [-0.15, -0.1) is 0 Å². The maximum atomic E-state index is 13.7. The summed E-state index contributed by atoms with van der Waals surface area (Å²) < 4.78 is 29.3. The van der Waals surface area contributed by atoms with E-state index in [0.29, 0.717) is 16.9 Å². The number of imidazole rings is 1. The molecule has 2 heterocycles. The first kappa shape index (κ1) is 11.3. The van der Waals surface area contributed by atoms with Gasteiger partial charge in [0.1, 0.15) is 17.3 Å². The average molecular weight is 309 g/mol. The van der Waals surface area contributed by atoms with E-state index in [1.165, 1.54) is 12.1 Å². The van der Waals surface area contributed by atoms with E-state index >= 15 is 0 Å². The predicted molar refractivity (Wildman–Crippen MR) is 68.2 cm³/mol. The van der Waals surface area contributed by atoms with Crippen LogP contribution in [0, 0.1) is 11.6 Å². The number of hydrogen-bond donors (Lipinski definition) is 0. The van der Waals surface area contributed by atoms with E-state index in [0.717, 1.165) is 10.5 Å². The number of halogens is 3. The summed E-state index contributed by atoms with van der Waals surface area (Å²) in [5, 5.41) is 0. The first-order chi connectivity index (χ1) is 8.65. The largest absolute Gasteiger partial charge is 0.298 e. The highest BCUT2D eigenvalue weighted by atomic mass is 79.9. The molecule has 0 bridgehead atoms. The highest BCUT2D eigenvalue weighted by Gasteiger charge is 2.11. The second-order valence-corrected chi connectivity index (χ2v) is 4.76. The van der Waals surface area contributed by atoms with Gasteiger partial charge in [0.15, 0.2) is 0 Å². The molecule has 18 heavy (non-hydrogen) atoms. The molecule has 90 valence electrons. The van der Waals surface area contributed by atoms with Gasteiger partial charge in [0.05, 0.1) is 11.9 Å². The summed E-state index contributed by atoms with van der Waals surface area (Å²) in [7, 11) is 0. The average Bonchev–Trinajstić information content (AvgIpc) is 2.72. The van der Waals surface area contributed by atoms with Crippen molar-refractivity contribution >= 4 is 21.6 Å². The Morgan fingerprint density at radius 1 is 1.11 bits per heavy atom. The zero-order valence-corrected chi connectivity index (χ0v) is 10.7. The van der Waals surface area contributed by atoms with Gasteiger partial charge in [0.25, 0.3) is 0 Å². The minimum Gasteiger partial charge on any atom is -0.298 e. The molecule has 0 saturated carbocycles. The van der Waals surface area contributed by atoms with E-state index in [1.807, 2.05) is 12.1 Å². The zero-order chi connectivity index (χ0) is 12.7. The normalized spacial score (nSPS) is 11.1. The summed E-state index contributed by atoms with van der Waals surface area (Å²) in [5.74, 6) is -1.19. The van der Waals surface area contributed by atoms with Crippen molar-refractivity contribution in [1.82, 2.24) is 9.38 Å². The van der Waals surface area contributed by atoms with Gasteiger partial charge >= 0.3 is 0 Å². The number of aromatic nitrogens is 2. The van der Waals surface area contributed by atoms with Crippen molar-refractivity contribution in [2.24, 2.45) is 0 Å². The highest BCUT2D eigenvalue weighted by Crippen LogP contribution is 2.25. The predicted octanol–water partition coefficient (Wildman–Crippen LogP) is 4.04. The van der Waals surface area contributed by atoms with Crippen molar-refractivity contribution in [1.29, 1.82) is 0 Å². The van der Waals surface area contributed by atoms with Crippen molar-refractivity contribution in [3.05, 3.63) is 58.8 Å². The van der Waals surface area contributed by atoms with Crippen molar-refractivity contribution in [3.8, 4) is 11.3 Å². The second-order valence-electron chi connectivity index (χ2n) is 3.84. The van der Waals surface area contributed by atoms with Crippen LogP contribution in [0.3, 0.4) is 0 Å². The fraction of sp³-hybridized carbons (Fsp3) is 0. The quantitative estimate of drug-likeness (QED) is 0.663. The van der Waals surface area contributed by atoms with Crippen LogP contribution in [0.25, 0.3) is 16.9 Å². The molecule has 2 nitrogen and oxygen atoms in total. The fourth-order valence-corrected chi connectivity index (χ4v) is 2.19. The number of benzene rings is 1. The molecular formula is C13H7BrF2N2. The molecule has 5 heteroatoms. The first-order valence-corrected chi connectivity index (χ1v) is 6.02. The SMILES string of the molecule is Fc1ccc(-c2cnc3ccc(Br)cn23)c(F)c1. The number of rotatable bonds is 1. The third-order valence-corrected chi connectivity index (χ3v) is 3.15. The van der Waals surface area contributed by atoms with Crippen molar-refractivity contribution in [2.75, 3.05) is 0 Å². The maximum Gasteiger partial charge on any atom is 0.137 e. The summed E-state index contributed by atoms with van der Waals surface area (Å²) in [6.45, 7) is 0. The third kappa shape index (κ3) is 1.80. The topological polar surface area (TPSA) is 17.3 Å². The van der Waals surface area contributed by atoms with Crippen LogP contribution >= 0.6 is 15.9 Å². The molecule has 0 atom stereocenters. The van der Waals surface area contributed by atoms with Crippen LogP contribution in [0.5, 0.6) is 0 Å². The summed E-state index contributed by atoms with van der Waals surface area (Å²) in [6, 6.07) is 7.18. The van der Waals surface area contributed by atoms with Crippen LogP contribution in [-0.4, -0.2) is 9.38 Å². The Balaban J connectivity index is 2.28. The molecule has 0 spiro atoms. The lowest BCUT2D eigenvalue weighted by Crippen LogP contribution is -1.91. The smallest absolute Gasteiger partial charge is 0.137 e. The molecule has 0 aliphatic carbocycles. The fourth-order valence-electron chi connectivity index (χ4n) is 1.85. The van der Waals surface area contributed by atoms with Crippen LogP contribution in [-0.2, 0) is 0 Å². The van der Waals surface area contributed by atoms with Gasteiger partial charge in [0, 0.05) is 22.3 Å². The van der Waals surface area contributed by atoms with E-state index in [2.05, 4.69) is 20.9 Å². The van der Waals surface area contributed by atoms with E-state index in [1.54, 1.807) is 16.8 Å². The van der Waals surface area contributed by atoms with Crippen LogP contribution in [0.4, 0.5) is 8.78 Å². The summed E-state index contributed by atoms with van der Waals surface area (Å²) in [5.41, 5.74) is 1.61. The number of hydrogen-bond acceptors (Lipinski definition) is 1. The molecule has 0 fully saturated rings. The van der Waals surface area contributed by atoms with Crippen LogP contribution in [0.2, 0.25) is 0 Å². The van der Waals surface area contributed by atoms with Crippen LogP contribution in [0.1, 0.15) is 0 Å². The zero-order valence-electron chi connectivity index (χ0n) is 9.07. The Morgan fingerprint density at radius 3 is 2.72 bits per heavy atom. The molecule has 1 aromatic carbocycles. The first-order valence-electron chi connectivity index (χ1n) is 5.23. The minimum absolute atomic E-state index is 0.321. The Bertz CT molecular complexity index is 737. The van der Waals surface area contributed by atoms with Crippen molar-refractivity contribution < 1.29 is 8.78 Å². The monoisotopic (exact) mass is 308 g/mol. The van der Waals surface area contributed by atoms with Gasteiger partial charge in [-0.3, -0.25) is 4.40 Å². The van der Waals surface area contributed by atoms with Gasteiger partial charge < -0.3 is 0 Å². The summed E-state index contributed by atoms with van der Waals surface area (Å²) in [4.78, 5) is 4.18. The van der Waals surface area contributed by atoms with E-state index in [4.69, 9.17) is 0 Å². The molecule has 0 saturated heterocycles. The maximum absolute atomic E-state index is 13.7. The Labute approximate surface area is 110 Å². The van der Waals surface area contributed by atoms with Crippen molar-refractivity contribution in [3.63, 3.8) is 0 Å².